The number of rotatable bonds is 4. The third-order valence-electron chi connectivity index (χ3n) is 4.47. The van der Waals surface area contributed by atoms with Crippen molar-refractivity contribution >= 4 is 23.2 Å². The van der Waals surface area contributed by atoms with Crippen LogP contribution in [0.3, 0.4) is 0 Å². The Morgan fingerprint density at radius 2 is 1.73 bits per heavy atom. The monoisotopic (exact) mass is 373 g/mol. The molecule has 1 atom stereocenters. The first-order valence-corrected chi connectivity index (χ1v) is 9.55. The normalized spacial score (nSPS) is 15.7. The molecule has 1 saturated heterocycles. The number of carbonyl (C=O) groups is 2. The summed E-state index contributed by atoms with van der Waals surface area (Å²) in [6.07, 6.45) is -0.564. The Morgan fingerprint density at radius 1 is 1.12 bits per heavy atom. The maximum atomic E-state index is 12.6. The Kier molecular flexibility index (Phi) is 5.56. The van der Waals surface area contributed by atoms with Crippen molar-refractivity contribution in [1.82, 2.24) is 14.8 Å². The summed E-state index contributed by atoms with van der Waals surface area (Å²) >= 11 is 1.62. The molecule has 3 rings (SSSR count). The Balaban J connectivity index is 1.56. The molecule has 0 bridgehead atoms. The number of ether oxygens (including phenoxy) is 1. The van der Waals surface area contributed by atoms with Gasteiger partial charge in [-0.1, -0.05) is 0 Å². The van der Waals surface area contributed by atoms with Crippen LogP contribution in [0.2, 0.25) is 0 Å². The number of benzene rings is 1. The number of aromatic nitrogens is 1. The van der Waals surface area contributed by atoms with Crippen molar-refractivity contribution in [3.05, 3.63) is 34.7 Å². The summed E-state index contributed by atoms with van der Waals surface area (Å²) in [5.74, 6) is 0.660. The molecular formula is C19H23N3O3S. The summed E-state index contributed by atoms with van der Waals surface area (Å²) in [7, 11) is 0. The lowest BCUT2D eigenvalue weighted by molar-refractivity contribution is -0.143. The van der Waals surface area contributed by atoms with Crippen LogP contribution in [0, 0.1) is 6.92 Å². The second-order valence-corrected chi connectivity index (χ2v) is 7.43. The Bertz CT molecular complexity index is 780. The topological polar surface area (TPSA) is 62.7 Å². The van der Waals surface area contributed by atoms with Gasteiger partial charge in [-0.25, -0.2) is 4.98 Å². The average Bonchev–Trinajstić information content (AvgIpc) is 3.08. The first-order chi connectivity index (χ1) is 12.4. The van der Waals surface area contributed by atoms with Crippen LogP contribution >= 0.6 is 11.3 Å². The van der Waals surface area contributed by atoms with Gasteiger partial charge < -0.3 is 14.5 Å². The van der Waals surface area contributed by atoms with Crippen LogP contribution in [0.5, 0.6) is 5.75 Å². The Hall–Kier alpha value is -2.41. The highest BCUT2D eigenvalue weighted by Crippen LogP contribution is 2.24. The van der Waals surface area contributed by atoms with E-state index in [2.05, 4.69) is 4.98 Å². The number of hydrogen-bond donors (Lipinski definition) is 0. The summed E-state index contributed by atoms with van der Waals surface area (Å²) in [4.78, 5) is 31.9. The predicted molar refractivity (Wildman–Crippen MR) is 101 cm³/mol. The zero-order valence-electron chi connectivity index (χ0n) is 15.3. The minimum absolute atomic E-state index is 0.0487. The van der Waals surface area contributed by atoms with Crippen LogP contribution in [0.25, 0.3) is 11.3 Å². The molecule has 7 heteroatoms. The van der Waals surface area contributed by atoms with E-state index in [0.29, 0.717) is 31.9 Å². The maximum Gasteiger partial charge on any atom is 0.263 e. The molecule has 0 radical (unpaired) electrons. The molecule has 1 aromatic carbocycles. The number of aryl methyl sites for hydroxylation is 1. The van der Waals surface area contributed by atoms with Crippen molar-refractivity contribution in [3.63, 3.8) is 0 Å². The Morgan fingerprint density at radius 3 is 2.27 bits per heavy atom. The molecule has 2 heterocycles. The molecule has 0 aliphatic carbocycles. The highest BCUT2D eigenvalue weighted by atomic mass is 32.1. The maximum absolute atomic E-state index is 12.6. The SMILES string of the molecule is CC(=O)N1CCN(C(=O)C(C)Oc2ccc(-c3csc(C)n3)cc2)CC1. The van der Waals surface area contributed by atoms with E-state index in [9.17, 15) is 9.59 Å². The van der Waals surface area contributed by atoms with Gasteiger partial charge in [-0.05, 0) is 38.1 Å². The van der Waals surface area contributed by atoms with Crippen LogP contribution in [-0.4, -0.2) is 58.9 Å². The quantitative estimate of drug-likeness (QED) is 0.826. The number of thiazole rings is 1. The van der Waals surface area contributed by atoms with Crippen LogP contribution < -0.4 is 4.74 Å². The van der Waals surface area contributed by atoms with E-state index in [1.165, 1.54) is 0 Å². The summed E-state index contributed by atoms with van der Waals surface area (Å²) in [5, 5.41) is 3.06. The summed E-state index contributed by atoms with van der Waals surface area (Å²) in [6, 6.07) is 7.63. The van der Waals surface area contributed by atoms with Gasteiger partial charge in [0, 0.05) is 44.0 Å². The number of hydrogen-bond acceptors (Lipinski definition) is 5. The zero-order valence-corrected chi connectivity index (χ0v) is 16.1. The van der Waals surface area contributed by atoms with Crippen molar-refractivity contribution in [1.29, 1.82) is 0 Å². The fraction of sp³-hybridized carbons (Fsp3) is 0.421. The van der Waals surface area contributed by atoms with Crippen LogP contribution in [0.15, 0.2) is 29.6 Å². The molecule has 0 spiro atoms. The molecule has 0 saturated carbocycles. The summed E-state index contributed by atoms with van der Waals surface area (Å²) < 4.78 is 5.81. The van der Waals surface area contributed by atoms with E-state index >= 15 is 0 Å². The molecular weight excluding hydrogens is 350 g/mol. The lowest BCUT2D eigenvalue weighted by Gasteiger charge is -2.35. The second kappa shape index (κ2) is 7.86. The molecule has 1 aliphatic rings. The van der Waals surface area contributed by atoms with E-state index < -0.39 is 6.10 Å². The molecule has 1 aromatic heterocycles. The fourth-order valence-electron chi connectivity index (χ4n) is 2.95. The van der Waals surface area contributed by atoms with Gasteiger partial charge in [0.1, 0.15) is 5.75 Å². The number of amides is 2. The average molecular weight is 373 g/mol. The first-order valence-electron chi connectivity index (χ1n) is 8.67. The zero-order chi connectivity index (χ0) is 18.7. The predicted octanol–water partition coefficient (Wildman–Crippen LogP) is 2.58. The van der Waals surface area contributed by atoms with E-state index in [1.54, 1.807) is 35.0 Å². The van der Waals surface area contributed by atoms with Gasteiger partial charge in [-0.15, -0.1) is 11.3 Å². The van der Waals surface area contributed by atoms with Crippen molar-refractivity contribution in [2.75, 3.05) is 26.2 Å². The number of piperazine rings is 1. The van der Waals surface area contributed by atoms with Gasteiger partial charge in [0.05, 0.1) is 10.7 Å². The van der Waals surface area contributed by atoms with E-state index in [1.807, 2.05) is 36.6 Å². The van der Waals surface area contributed by atoms with Gasteiger partial charge in [-0.2, -0.15) is 0 Å². The smallest absolute Gasteiger partial charge is 0.263 e. The fourth-order valence-corrected chi connectivity index (χ4v) is 3.58. The van der Waals surface area contributed by atoms with Gasteiger partial charge >= 0.3 is 0 Å². The van der Waals surface area contributed by atoms with E-state index in [0.717, 1.165) is 16.3 Å². The van der Waals surface area contributed by atoms with Crippen molar-refractivity contribution < 1.29 is 14.3 Å². The molecule has 138 valence electrons. The van der Waals surface area contributed by atoms with E-state index in [-0.39, 0.29) is 11.8 Å². The van der Waals surface area contributed by atoms with E-state index in [4.69, 9.17) is 4.74 Å². The molecule has 1 fully saturated rings. The molecule has 1 unspecified atom stereocenters. The highest BCUT2D eigenvalue weighted by Gasteiger charge is 2.26. The summed E-state index contributed by atoms with van der Waals surface area (Å²) in [6.45, 7) is 7.56. The van der Waals surface area contributed by atoms with Crippen LogP contribution in [-0.2, 0) is 9.59 Å². The van der Waals surface area contributed by atoms with Gasteiger partial charge in [0.25, 0.3) is 5.91 Å². The van der Waals surface area contributed by atoms with Crippen LogP contribution in [0.1, 0.15) is 18.9 Å². The van der Waals surface area contributed by atoms with Gasteiger partial charge in [0.2, 0.25) is 5.91 Å². The largest absolute Gasteiger partial charge is 0.481 e. The number of carbonyl (C=O) groups excluding carboxylic acids is 2. The van der Waals surface area contributed by atoms with Gasteiger partial charge in [0.15, 0.2) is 6.10 Å². The number of nitrogens with zero attached hydrogens (tertiary/aromatic N) is 3. The van der Waals surface area contributed by atoms with Crippen molar-refractivity contribution in [3.8, 4) is 17.0 Å². The second-order valence-electron chi connectivity index (χ2n) is 6.37. The van der Waals surface area contributed by atoms with Gasteiger partial charge in [-0.3, -0.25) is 9.59 Å². The standard InChI is InChI=1S/C19H23N3O3S/c1-13(19(24)22-10-8-21(9-11-22)15(3)23)25-17-6-4-16(5-7-17)18-12-26-14(2)20-18/h4-7,12-13H,8-11H2,1-3H3. The molecule has 2 aromatic rings. The summed E-state index contributed by atoms with van der Waals surface area (Å²) in [5.41, 5.74) is 1.98. The molecule has 2 amide bonds. The Labute approximate surface area is 157 Å². The lowest BCUT2D eigenvalue weighted by atomic mass is 10.1. The molecule has 1 aliphatic heterocycles. The third kappa shape index (κ3) is 4.22. The highest BCUT2D eigenvalue weighted by molar-refractivity contribution is 7.09. The minimum Gasteiger partial charge on any atom is -0.481 e. The van der Waals surface area contributed by atoms with Crippen LogP contribution in [0.4, 0.5) is 0 Å². The van der Waals surface area contributed by atoms with Crippen molar-refractivity contribution in [2.24, 2.45) is 0 Å². The molecule has 0 N–H and O–H groups in total. The van der Waals surface area contributed by atoms with Crippen molar-refractivity contribution in [2.45, 2.75) is 26.9 Å². The first kappa shape index (κ1) is 18.4. The molecule has 6 nitrogen and oxygen atoms in total. The third-order valence-corrected chi connectivity index (χ3v) is 5.24. The molecule has 26 heavy (non-hydrogen) atoms. The minimum atomic E-state index is -0.564. The lowest BCUT2D eigenvalue weighted by Crippen LogP contribution is -2.52.